The highest BCUT2D eigenvalue weighted by atomic mass is 16.3. The molecule has 0 amide bonds. The quantitative estimate of drug-likeness (QED) is 0.582. The molecule has 0 unspecified atom stereocenters. The molecule has 1 aromatic heterocycles. The van der Waals surface area contributed by atoms with Crippen molar-refractivity contribution in [2.24, 2.45) is 5.92 Å². The van der Waals surface area contributed by atoms with Gasteiger partial charge in [0.1, 0.15) is 5.75 Å². The topological polar surface area (TPSA) is 47.2 Å². The third-order valence-corrected chi connectivity index (χ3v) is 4.83. The van der Waals surface area contributed by atoms with E-state index >= 15 is 0 Å². The summed E-state index contributed by atoms with van der Waals surface area (Å²) in [5.74, 6) is 0.640. The van der Waals surface area contributed by atoms with E-state index in [4.69, 9.17) is 0 Å². The number of para-hydroxylation sites is 1. The Kier molecular flexibility index (Phi) is 4.03. The standard InChI is InChI=1S/C22H22N2O2/c1-15(2)12-13-23-22(26)19-14-20(25)17-10-6-7-11-18(17)21(19)24(23)16-8-4-3-5-9-16/h3-11,14-15,25H,12-13H2,1-2H3. The minimum absolute atomic E-state index is 0.0643. The Morgan fingerprint density at radius 2 is 1.58 bits per heavy atom. The van der Waals surface area contributed by atoms with Crippen molar-refractivity contribution in [2.45, 2.75) is 26.8 Å². The van der Waals surface area contributed by atoms with Crippen LogP contribution in [0.15, 0.2) is 65.5 Å². The van der Waals surface area contributed by atoms with Crippen LogP contribution in [0.2, 0.25) is 0 Å². The third-order valence-electron chi connectivity index (χ3n) is 4.83. The monoisotopic (exact) mass is 346 g/mol. The zero-order valence-electron chi connectivity index (χ0n) is 15.0. The van der Waals surface area contributed by atoms with Gasteiger partial charge in [0.2, 0.25) is 0 Å². The van der Waals surface area contributed by atoms with Crippen LogP contribution in [0.1, 0.15) is 20.3 Å². The van der Waals surface area contributed by atoms with Crippen LogP contribution in [0.25, 0.3) is 27.4 Å². The van der Waals surface area contributed by atoms with Crippen molar-refractivity contribution >= 4 is 21.7 Å². The lowest BCUT2D eigenvalue weighted by Gasteiger charge is -2.15. The van der Waals surface area contributed by atoms with Gasteiger partial charge in [-0.3, -0.25) is 4.79 Å². The number of rotatable bonds is 4. The molecule has 4 aromatic rings. The Morgan fingerprint density at radius 3 is 2.27 bits per heavy atom. The fraction of sp³-hybridized carbons (Fsp3) is 0.227. The lowest BCUT2D eigenvalue weighted by Crippen LogP contribution is -2.23. The van der Waals surface area contributed by atoms with Crippen LogP contribution in [-0.4, -0.2) is 14.5 Å². The summed E-state index contributed by atoms with van der Waals surface area (Å²) in [6.07, 6.45) is 0.910. The first-order chi connectivity index (χ1) is 12.6. The average molecular weight is 346 g/mol. The second kappa shape index (κ2) is 6.37. The molecule has 0 aliphatic heterocycles. The Balaban J connectivity index is 2.14. The fourth-order valence-corrected chi connectivity index (χ4v) is 3.50. The highest BCUT2D eigenvalue weighted by molar-refractivity contribution is 6.08. The van der Waals surface area contributed by atoms with Crippen LogP contribution in [0.5, 0.6) is 5.75 Å². The van der Waals surface area contributed by atoms with E-state index in [1.165, 1.54) is 0 Å². The van der Waals surface area contributed by atoms with E-state index in [0.717, 1.165) is 28.4 Å². The van der Waals surface area contributed by atoms with Gasteiger partial charge in [-0.1, -0.05) is 56.3 Å². The number of aromatic hydroxyl groups is 1. The smallest absolute Gasteiger partial charge is 0.275 e. The van der Waals surface area contributed by atoms with Gasteiger partial charge in [-0.2, -0.15) is 0 Å². The SMILES string of the molecule is CC(C)CCn1c(=O)c2cc(O)c3ccccc3c2n1-c1ccccc1. The molecule has 0 saturated carbocycles. The molecule has 4 heteroatoms. The second-order valence-corrected chi connectivity index (χ2v) is 7.10. The number of hydrogen-bond acceptors (Lipinski definition) is 2. The Labute approximate surface area is 151 Å². The van der Waals surface area contributed by atoms with Crippen molar-refractivity contribution in [2.75, 3.05) is 0 Å². The lowest BCUT2D eigenvalue weighted by molar-refractivity contribution is 0.457. The van der Waals surface area contributed by atoms with E-state index in [0.29, 0.717) is 17.8 Å². The van der Waals surface area contributed by atoms with Crippen molar-refractivity contribution in [3.8, 4) is 11.4 Å². The number of aromatic nitrogens is 2. The van der Waals surface area contributed by atoms with Gasteiger partial charge in [0.05, 0.1) is 16.6 Å². The zero-order valence-corrected chi connectivity index (χ0v) is 15.0. The molecule has 0 atom stereocenters. The first-order valence-corrected chi connectivity index (χ1v) is 8.99. The van der Waals surface area contributed by atoms with Crippen LogP contribution < -0.4 is 5.56 Å². The van der Waals surface area contributed by atoms with Crippen LogP contribution in [0, 0.1) is 5.92 Å². The molecule has 0 aliphatic carbocycles. The highest BCUT2D eigenvalue weighted by Gasteiger charge is 2.19. The molecule has 4 rings (SSSR count). The van der Waals surface area contributed by atoms with Crippen molar-refractivity contribution in [3.05, 3.63) is 71.0 Å². The van der Waals surface area contributed by atoms with Gasteiger partial charge in [-0.05, 0) is 30.5 Å². The summed E-state index contributed by atoms with van der Waals surface area (Å²) in [4.78, 5) is 13.2. The van der Waals surface area contributed by atoms with E-state index in [9.17, 15) is 9.90 Å². The maximum atomic E-state index is 13.2. The summed E-state index contributed by atoms with van der Waals surface area (Å²) < 4.78 is 3.80. The second-order valence-electron chi connectivity index (χ2n) is 7.10. The van der Waals surface area contributed by atoms with E-state index in [2.05, 4.69) is 13.8 Å². The summed E-state index contributed by atoms with van der Waals surface area (Å²) in [6.45, 7) is 4.94. The number of hydrogen-bond donors (Lipinski definition) is 1. The van der Waals surface area contributed by atoms with Crippen LogP contribution in [0.4, 0.5) is 0 Å². The Morgan fingerprint density at radius 1 is 0.923 bits per heavy atom. The number of fused-ring (bicyclic) bond motifs is 3. The molecule has 1 N–H and O–H groups in total. The summed E-state index contributed by atoms with van der Waals surface area (Å²) >= 11 is 0. The predicted octanol–water partition coefficient (Wildman–Crippen LogP) is 4.70. The van der Waals surface area contributed by atoms with Crippen LogP contribution in [-0.2, 0) is 6.54 Å². The van der Waals surface area contributed by atoms with E-state index in [1.807, 2.05) is 59.3 Å². The van der Waals surface area contributed by atoms with Gasteiger partial charge in [-0.15, -0.1) is 0 Å². The molecule has 0 aliphatic rings. The van der Waals surface area contributed by atoms with Gasteiger partial charge >= 0.3 is 0 Å². The van der Waals surface area contributed by atoms with Crippen molar-refractivity contribution in [1.82, 2.24) is 9.36 Å². The summed E-state index contributed by atoms with van der Waals surface area (Å²) in [5, 5.41) is 12.6. The fourth-order valence-electron chi connectivity index (χ4n) is 3.50. The first kappa shape index (κ1) is 16.5. The average Bonchev–Trinajstić information content (AvgIpc) is 2.93. The molecule has 26 heavy (non-hydrogen) atoms. The maximum Gasteiger partial charge on any atom is 0.275 e. The van der Waals surface area contributed by atoms with Gasteiger partial charge in [0.15, 0.2) is 0 Å². The summed E-state index contributed by atoms with van der Waals surface area (Å²) in [7, 11) is 0. The van der Waals surface area contributed by atoms with Gasteiger partial charge in [0, 0.05) is 17.3 Å². The molecule has 0 saturated heterocycles. The Hall–Kier alpha value is -3.01. The molecule has 0 fully saturated rings. The predicted molar refractivity (Wildman–Crippen MR) is 106 cm³/mol. The van der Waals surface area contributed by atoms with Gasteiger partial charge < -0.3 is 5.11 Å². The van der Waals surface area contributed by atoms with Crippen molar-refractivity contribution in [1.29, 1.82) is 0 Å². The number of nitrogens with zero attached hydrogens (tertiary/aromatic N) is 2. The number of phenolic OH excluding ortho intramolecular Hbond substituents is 1. The van der Waals surface area contributed by atoms with Crippen LogP contribution >= 0.6 is 0 Å². The molecule has 0 bridgehead atoms. The van der Waals surface area contributed by atoms with E-state index < -0.39 is 0 Å². The normalized spacial score (nSPS) is 11.7. The largest absolute Gasteiger partial charge is 0.507 e. The van der Waals surface area contributed by atoms with Gasteiger partial charge in [-0.25, -0.2) is 9.36 Å². The summed E-state index contributed by atoms with van der Waals surface area (Å²) in [5.41, 5.74) is 1.73. The maximum absolute atomic E-state index is 13.2. The third kappa shape index (κ3) is 2.58. The first-order valence-electron chi connectivity index (χ1n) is 8.99. The zero-order chi connectivity index (χ0) is 18.3. The lowest BCUT2D eigenvalue weighted by atomic mass is 10.1. The molecule has 3 aromatic carbocycles. The molecule has 4 nitrogen and oxygen atoms in total. The molecular formula is C22H22N2O2. The van der Waals surface area contributed by atoms with Crippen LogP contribution in [0.3, 0.4) is 0 Å². The molecule has 0 radical (unpaired) electrons. The number of benzene rings is 3. The summed E-state index contributed by atoms with van der Waals surface area (Å²) in [6, 6.07) is 19.2. The molecule has 132 valence electrons. The molecular weight excluding hydrogens is 324 g/mol. The van der Waals surface area contributed by atoms with Crippen molar-refractivity contribution in [3.63, 3.8) is 0 Å². The van der Waals surface area contributed by atoms with Gasteiger partial charge in [0.25, 0.3) is 5.56 Å². The Bertz CT molecular complexity index is 1140. The molecule has 0 spiro atoms. The van der Waals surface area contributed by atoms with Crippen molar-refractivity contribution < 1.29 is 5.11 Å². The minimum atomic E-state index is -0.0643. The molecule has 1 heterocycles. The minimum Gasteiger partial charge on any atom is -0.507 e. The van der Waals surface area contributed by atoms with E-state index in [1.54, 1.807) is 10.7 Å². The number of phenols is 1. The highest BCUT2D eigenvalue weighted by Crippen LogP contribution is 2.33. The van der Waals surface area contributed by atoms with E-state index in [-0.39, 0.29) is 11.3 Å².